The number of likely N-dealkylation sites (tertiary alicyclic amines) is 1. The molecule has 1 aromatic carbocycles. The van der Waals surface area contributed by atoms with Crippen LogP contribution in [0.2, 0.25) is 0 Å². The summed E-state index contributed by atoms with van der Waals surface area (Å²) in [6.45, 7) is 1.17. The lowest BCUT2D eigenvalue weighted by Crippen LogP contribution is -2.28. The first-order chi connectivity index (χ1) is 10.9. The van der Waals surface area contributed by atoms with Crippen LogP contribution >= 0.6 is 0 Å². The molecule has 1 aliphatic rings. The van der Waals surface area contributed by atoms with Gasteiger partial charge in [-0.2, -0.15) is 13.2 Å². The molecular formula is C17H15F3N2O. The van der Waals surface area contributed by atoms with Crippen LogP contribution in [0.1, 0.15) is 34.0 Å². The van der Waals surface area contributed by atoms with E-state index in [4.69, 9.17) is 0 Å². The third-order valence-corrected chi connectivity index (χ3v) is 4.05. The van der Waals surface area contributed by atoms with E-state index in [0.717, 1.165) is 18.7 Å². The van der Waals surface area contributed by atoms with E-state index >= 15 is 0 Å². The number of amides is 1. The van der Waals surface area contributed by atoms with Gasteiger partial charge in [0.1, 0.15) is 5.69 Å². The maximum absolute atomic E-state index is 12.5. The summed E-state index contributed by atoms with van der Waals surface area (Å²) in [4.78, 5) is 17.4. The summed E-state index contributed by atoms with van der Waals surface area (Å²) in [6.07, 6.45) is -2.64. The van der Waals surface area contributed by atoms with Crippen molar-refractivity contribution < 1.29 is 18.0 Å². The quantitative estimate of drug-likeness (QED) is 0.845. The van der Waals surface area contributed by atoms with Crippen LogP contribution in [0, 0.1) is 0 Å². The highest BCUT2D eigenvalue weighted by Crippen LogP contribution is 2.29. The molecule has 0 saturated carbocycles. The predicted octanol–water partition coefficient (Wildman–Crippen LogP) is 3.73. The van der Waals surface area contributed by atoms with E-state index < -0.39 is 11.9 Å². The molecule has 1 aromatic heterocycles. The number of alkyl halides is 3. The molecule has 0 aliphatic carbocycles. The van der Waals surface area contributed by atoms with Crippen LogP contribution in [0.25, 0.3) is 0 Å². The summed E-state index contributed by atoms with van der Waals surface area (Å²) in [7, 11) is 0. The Balaban J connectivity index is 1.70. The number of nitrogens with zero attached hydrogens (tertiary/aromatic N) is 2. The fourth-order valence-corrected chi connectivity index (χ4v) is 2.81. The summed E-state index contributed by atoms with van der Waals surface area (Å²) in [5, 5.41) is 0. The number of carbonyl (C=O) groups is 1. The Morgan fingerprint density at radius 3 is 2.48 bits per heavy atom. The van der Waals surface area contributed by atoms with Crippen molar-refractivity contribution in [2.75, 3.05) is 13.1 Å². The highest BCUT2D eigenvalue weighted by molar-refractivity contribution is 5.94. The number of rotatable bonds is 2. The average molecular weight is 320 g/mol. The number of pyridine rings is 1. The van der Waals surface area contributed by atoms with Crippen LogP contribution in [-0.2, 0) is 6.18 Å². The summed E-state index contributed by atoms with van der Waals surface area (Å²) in [5.74, 6) is -0.00721. The Kier molecular flexibility index (Phi) is 4.07. The standard InChI is InChI=1S/C17H15F3N2O/c18-17(19,20)15-7-6-13(10-21-15)16(23)22-9-8-14(11-22)12-4-2-1-3-5-12/h1-7,10,14H,8-9,11H2. The van der Waals surface area contributed by atoms with Crippen LogP contribution < -0.4 is 0 Å². The van der Waals surface area contributed by atoms with Crippen LogP contribution in [0.15, 0.2) is 48.7 Å². The van der Waals surface area contributed by atoms with Gasteiger partial charge in [0.25, 0.3) is 5.91 Å². The molecule has 0 radical (unpaired) electrons. The molecule has 6 heteroatoms. The van der Waals surface area contributed by atoms with Gasteiger partial charge in [-0.05, 0) is 24.1 Å². The summed E-state index contributed by atoms with van der Waals surface area (Å²) in [6, 6.07) is 11.9. The molecule has 120 valence electrons. The fourth-order valence-electron chi connectivity index (χ4n) is 2.81. The van der Waals surface area contributed by atoms with E-state index in [-0.39, 0.29) is 17.4 Å². The topological polar surface area (TPSA) is 33.2 Å². The number of aromatic nitrogens is 1. The second kappa shape index (κ2) is 6.02. The van der Waals surface area contributed by atoms with Gasteiger partial charge in [0.2, 0.25) is 0 Å². The van der Waals surface area contributed by atoms with Gasteiger partial charge in [-0.15, -0.1) is 0 Å². The maximum atomic E-state index is 12.5. The molecule has 1 aliphatic heterocycles. The monoisotopic (exact) mass is 320 g/mol. The number of hydrogen-bond donors (Lipinski definition) is 0. The minimum Gasteiger partial charge on any atom is -0.338 e. The van der Waals surface area contributed by atoms with Crippen LogP contribution in [0.5, 0.6) is 0 Å². The highest BCUT2D eigenvalue weighted by atomic mass is 19.4. The Morgan fingerprint density at radius 2 is 1.87 bits per heavy atom. The second-order valence-electron chi connectivity index (χ2n) is 5.58. The van der Waals surface area contributed by atoms with Crippen molar-refractivity contribution in [3.05, 3.63) is 65.5 Å². The van der Waals surface area contributed by atoms with Crippen molar-refractivity contribution >= 4 is 5.91 Å². The van der Waals surface area contributed by atoms with E-state index in [1.54, 1.807) is 4.90 Å². The maximum Gasteiger partial charge on any atom is 0.433 e. The SMILES string of the molecule is O=C(c1ccc(C(F)(F)F)nc1)N1CCC(c2ccccc2)C1. The first kappa shape index (κ1) is 15.5. The minimum absolute atomic E-state index is 0.187. The Labute approximate surface area is 131 Å². The smallest absolute Gasteiger partial charge is 0.338 e. The molecular weight excluding hydrogens is 305 g/mol. The molecule has 23 heavy (non-hydrogen) atoms. The minimum atomic E-state index is -4.49. The van der Waals surface area contributed by atoms with Gasteiger partial charge in [-0.3, -0.25) is 9.78 Å². The molecule has 3 rings (SSSR count). The van der Waals surface area contributed by atoms with Crippen LogP contribution in [0.4, 0.5) is 13.2 Å². The Bertz CT molecular complexity index is 683. The number of benzene rings is 1. The molecule has 3 nitrogen and oxygen atoms in total. The number of hydrogen-bond acceptors (Lipinski definition) is 2. The van der Waals surface area contributed by atoms with Gasteiger partial charge < -0.3 is 4.90 Å². The van der Waals surface area contributed by atoms with Crippen molar-refractivity contribution in [1.82, 2.24) is 9.88 Å². The van der Waals surface area contributed by atoms with Crippen molar-refractivity contribution in [2.45, 2.75) is 18.5 Å². The summed E-state index contributed by atoms with van der Waals surface area (Å²) in [5.41, 5.74) is 0.373. The van der Waals surface area contributed by atoms with E-state index in [2.05, 4.69) is 4.98 Å². The van der Waals surface area contributed by atoms with E-state index in [1.807, 2.05) is 30.3 Å². The number of halogens is 3. The third kappa shape index (κ3) is 3.36. The third-order valence-electron chi connectivity index (χ3n) is 4.05. The predicted molar refractivity (Wildman–Crippen MR) is 78.9 cm³/mol. The molecule has 1 saturated heterocycles. The first-order valence-electron chi connectivity index (χ1n) is 7.32. The van der Waals surface area contributed by atoms with E-state index in [0.29, 0.717) is 13.1 Å². The average Bonchev–Trinajstić information content (AvgIpc) is 3.04. The van der Waals surface area contributed by atoms with Gasteiger partial charge in [0.15, 0.2) is 0 Å². The zero-order valence-corrected chi connectivity index (χ0v) is 12.3. The van der Waals surface area contributed by atoms with Crippen LogP contribution in [0.3, 0.4) is 0 Å². The van der Waals surface area contributed by atoms with Crippen molar-refractivity contribution in [3.8, 4) is 0 Å². The Morgan fingerprint density at radius 1 is 1.13 bits per heavy atom. The molecule has 2 heterocycles. The lowest BCUT2D eigenvalue weighted by molar-refractivity contribution is -0.141. The second-order valence-corrected chi connectivity index (χ2v) is 5.58. The van der Waals surface area contributed by atoms with Crippen LogP contribution in [-0.4, -0.2) is 28.9 Å². The summed E-state index contributed by atoms with van der Waals surface area (Å²) < 4.78 is 37.5. The molecule has 0 N–H and O–H groups in total. The Hall–Kier alpha value is -2.37. The lowest BCUT2D eigenvalue weighted by atomic mass is 9.99. The van der Waals surface area contributed by atoms with Crippen molar-refractivity contribution in [1.29, 1.82) is 0 Å². The molecule has 1 amide bonds. The fraction of sp³-hybridized carbons (Fsp3) is 0.294. The van der Waals surface area contributed by atoms with Crippen molar-refractivity contribution in [2.24, 2.45) is 0 Å². The van der Waals surface area contributed by atoms with E-state index in [9.17, 15) is 18.0 Å². The molecule has 1 unspecified atom stereocenters. The molecule has 1 fully saturated rings. The lowest BCUT2D eigenvalue weighted by Gasteiger charge is -2.17. The molecule has 0 spiro atoms. The molecule has 2 aromatic rings. The van der Waals surface area contributed by atoms with Gasteiger partial charge in [-0.25, -0.2) is 0 Å². The van der Waals surface area contributed by atoms with Gasteiger partial charge in [-0.1, -0.05) is 30.3 Å². The largest absolute Gasteiger partial charge is 0.433 e. The normalized spacial score (nSPS) is 18.2. The van der Waals surface area contributed by atoms with Crippen molar-refractivity contribution in [3.63, 3.8) is 0 Å². The van der Waals surface area contributed by atoms with Gasteiger partial charge in [0, 0.05) is 25.2 Å². The highest BCUT2D eigenvalue weighted by Gasteiger charge is 2.33. The number of carbonyl (C=O) groups excluding carboxylic acids is 1. The molecule has 1 atom stereocenters. The summed E-state index contributed by atoms with van der Waals surface area (Å²) >= 11 is 0. The van der Waals surface area contributed by atoms with Gasteiger partial charge >= 0.3 is 6.18 Å². The zero-order chi connectivity index (χ0) is 16.4. The first-order valence-corrected chi connectivity index (χ1v) is 7.32. The zero-order valence-electron chi connectivity index (χ0n) is 12.3. The van der Waals surface area contributed by atoms with E-state index in [1.165, 1.54) is 11.6 Å². The van der Waals surface area contributed by atoms with Gasteiger partial charge in [0.05, 0.1) is 5.56 Å². The molecule has 0 bridgehead atoms.